The van der Waals surface area contributed by atoms with Gasteiger partial charge in [0.25, 0.3) is 0 Å². The summed E-state index contributed by atoms with van der Waals surface area (Å²) in [6.07, 6.45) is -0.468. The highest BCUT2D eigenvalue weighted by molar-refractivity contribution is 9.10. The zero-order valence-corrected chi connectivity index (χ0v) is 9.99. The van der Waals surface area contributed by atoms with Crippen LogP contribution >= 0.6 is 27.5 Å². The smallest absolute Gasteiger partial charge is 0.229 e. The van der Waals surface area contributed by atoms with Crippen LogP contribution in [0.2, 0.25) is 5.15 Å². The number of amides is 1. The van der Waals surface area contributed by atoms with Gasteiger partial charge in [0.05, 0.1) is 24.8 Å². The minimum atomic E-state index is -0.614. The lowest BCUT2D eigenvalue weighted by molar-refractivity contribution is -0.117. The second-order valence-corrected chi connectivity index (χ2v) is 4.48. The van der Waals surface area contributed by atoms with Gasteiger partial charge in [0.15, 0.2) is 5.15 Å². The predicted molar refractivity (Wildman–Crippen MR) is 59.9 cm³/mol. The molecule has 4 nitrogen and oxygen atoms in total. The van der Waals surface area contributed by atoms with E-state index >= 15 is 0 Å². The Morgan fingerprint density at radius 3 is 2.87 bits per heavy atom. The number of aliphatic hydroxyl groups excluding tert-OH is 1. The number of β-amino-alcohol motifs (C(OH)–C–C–N with tert-alkyl or cyclic N) is 1. The molecule has 1 aromatic rings. The molecule has 1 aliphatic rings. The number of carbonyl (C=O) groups excluding carboxylic acids is 1. The highest BCUT2D eigenvalue weighted by Gasteiger charge is 2.30. The van der Waals surface area contributed by atoms with Crippen LogP contribution in [0.4, 0.5) is 5.69 Å². The van der Waals surface area contributed by atoms with Crippen LogP contribution in [0, 0.1) is 0 Å². The van der Waals surface area contributed by atoms with E-state index in [0.29, 0.717) is 10.3 Å². The molecule has 1 N–H and O–H groups in total. The van der Waals surface area contributed by atoms with E-state index in [-0.39, 0.29) is 24.0 Å². The third kappa shape index (κ3) is 2.14. The quantitative estimate of drug-likeness (QED) is 0.800. The van der Waals surface area contributed by atoms with Crippen LogP contribution in [0.5, 0.6) is 0 Å². The molecule has 2 rings (SSSR count). The Kier molecular flexibility index (Phi) is 2.95. The molecule has 0 radical (unpaired) electrons. The van der Waals surface area contributed by atoms with Crippen molar-refractivity contribution in [3.63, 3.8) is 0 Å². The number of aliphatic hydroxyl groups is 1. The standard InChI is InChI=1S/C9H8BrClN2O2/c10-7-2-1-6(9(11)12-7)13-4-5(14)3-8(13)15/h1-2,5,14H,3-4H2. The van der Waals surface area contributed by atoms with Crippen molar-refractivity contribution >= 4 is 39.1 Å². The van der Waals surface area contributed by atoms with Crippen LogP contribution in [0.15, 0.2) is 16.7 Å². The van der Waals surface area contributed by atoms with E-state index in [1.54, 1.807) is 12.1 Å². The van der Waals surface area contributed by atoms with E-state index in [1.807, 2.05) is 0 Å². The van der Waals surface area contributed by atoms with Gasteiger partial charge in [-0.3, -0.25) is 4.79 Å². The van der Waals surface area contributed by atoms with Gasteiger partial charge in [-0.2, -0.15) is 0 Å². The van der Waals surface area contributed by atoms with E-state index in [9.17, 15) is 9.90 Å². The maximum absolute atomic E-state index is 11.5. The maximum Gasteiger partial charge on any atom is 0.229 e. The van der Waals surface area contributed by atoms with Gasteiger partial charge < -0.3 is 10.0 Å². The third-order valence-electron chi connectivity index (χ3n) is 2.19. The maximum atomic E-state index is 11.5. The van der Waals surface area contributed by atoms with Gasteiger partial charge in [0.2, 0.25) is 5.91 Å². The number of aromatic nitrogens is 1. The average Bonchev–Trinajstić information content (AvgIpc) is 2.45. The Labute approximate surface area is 100.0 Å². The van der Waals surface area contributed by atoms with Crippen molar-refractivity contribution in [3.8, 4) is 0 Å². The van der Waals surface area contributed by atoms with Crippen molar-refractivity contribution in [2.24, 2.45) is 0 Å². The van der Waals surface area contributed by atoms with Crippen molar-refractivity contribution in [1.29, 1.82) is 0 Å². The first-order valence-electron chi connectivity index (χ1n) is 4.38. The van der Waals surface area contributed by atoms with E-state index in [0.717, 1.165) is 0 Å². The summed E-state index contributed by atoms with van der Waals surface area (Å²) in [4.78, 5) is 16.9. The first-order chi connectivity index (χ1) is 7.08. The molecule has 2 heterocycles. The van der Waals surface area contributed by atoms with Gasteiger partial charge in [-0.1, -0.05) is 11.6 Å². The van der Waals surface area contributed by atoms with E-state index in [4.69, 9.17) is 11.6 Å². The SMILES string of the molecule is O=C1CC(O)CN1c1ccc(Br)nc1Cl. The van der Waals surface area contributed by atoms with E-state index in [1.165, 1.54) is 4.90 Å². The molecule has 0 aromatic carbocycles. The normalized spacial score (nSPS) is 21.1. The number of anilines is 1. The van der Waals surface area contributed by atoms with Gasteiger partial charge in [0.1, 0.15) is 4.60 Å². The second-order valence-electron chi connectivity index (χ2n) is 3.31. The molecule has 0 bridgehead atoms. The fraction of sp³-hybridized carbons (Fsp3) is 0.333. The van der Waals surface area contributed by atoms with Gasteiger partial charge in [-0.15, -0.1) is 0 Å². The van der Waals surface area contributed by atoms with E-state index in [2.05, 4.69) is 20.9 Å². The molecule has 0 saturated carbocycles. The Bertz CT molecular complexity index is 413. The minimum absolute atomic E-state index is 0.131. The Morgan fingerprint density at radius 2 is 2.33 bits per heavy atom. The molecule has 1 amide bonds. The second kappa shape index (κ2) is 4.08. The first kappa shape index (κ1) is 10.9. The number of pyridine rings is 1. The van der Waals surface area contributed by atoms with Crippen molar-refractivity contribution in [3.05, 3.63) is 21.9 Å². The number of carbonyl (C=O) groups is 1. The lowest BCUT2D eigenvalue weighted by Crippen LogP contribution is -2.25. The molecule has 0 aliphatic carbocycles. The van der Waals surface area contributed by atoms with Crippen LogP contribution < -0.4 is 4.90 Å². The summed E-state index contributed by atoms with van der Waals surface area (Å²) in [5.74, 6) is -0.131. The van der Waals surface area contributed by atoms with Crippen LogP contribution in [0.1, 0.15) is 6.42 Å². The molecular formula is C9H8BrClN2O2. The summed E-state index contributed by atoms with van der Waals surface area (Å²) < 4.78 is 0.614. The number of rotatable bonds is 1. The van der Waals surface area contributed by atoms with E-state index < -0.39 is 6.10 Å². The number of hydrogen-bond acceptors (Lipinski definition) is 3. The first-order valence-corrected chi connectivity index (χ1v) is 5.55. The van der Waals surface area contributed by atoms with Crippen molar-refractivity contribution < 1.29 is 9.90 Å². The molecular weight excluding hydrogens is 283 g/mol. The van der Waals surface area contributed by atoms with Gasteiger partial charge >= 0.3 is 0 Å². The molecule has 0 spiro atoms. The predicted octanol–water partition coefficient (Wildman–Crippen LogP) is 1.60. The highest BCUT2D eigenvalue weighted by atomic mass is 79.9. The minimum Gasteiger partial charge on any atom is -0.391 e. The molecule has 15 heavy (non-hydrogen) atoms. The molecule has 1 saturated heterocycles. The molecule has 1 fully saturated rings. The number of nitrogens with zero attached hydrogens (tertiary/aromatic N) is 2. The van der Waals surface area contributed by atoms with Crippen LogP contribution in [-0.4, -0.2) is 28.6 Å². The van der Waals surface area contributed by atoms with Crippen molar-refractivity contribution in [2.75, 3.05) is 11.4 Å². The summed E-state index contributed by atoms with van der Waals surface area (Å²) in [6.45, 7) is 0.280. The van der Waals surface area contributed by atoms with Gasteiger partial charge in [0, 0.05) is 0 Å². The fourth-order valence-corrected chi connectivity index (χ4v) is 2.20. The molecule has 1 aliphatic heterocycles. The largest absolute Gasteiger partial charge is 0.391 e. The topological polar surface area (TPSA) is 53.4 Å². The van der Waals surface area contributed by atoms with Crippen LogP contribution in [-0.2, 0) is 4.79 Å². The fourth-order valence-electron chi connectivity index (χ4n) is 1.53. The zero-order valence-electron chi connectivity index (χ0n) is 7.65. The summed E-state index contributed by atoms with van der Waals surface area (Å²) in [5, 5.41) is 9.60. The van der Waals surface area contributed by atoms with Gasteiger partial charge in [-0.25, -0.2) is 4.98 Å². The average molecular weight is 292 g/mol. The number of hydrogen-bond donors (Lipinski definition) is 1. The Hall–Kier alpha value is -0.650. The molecule has 80 valence electrons. The van der Waals surface area contributed by atoms with Gasteiger partial charge in [-0.05, 0) is 28.1 Å². The molecule has 6 heteroatoms. The summed E-state index contributed by atoms with van der Waals surface area (Å²) >= 11 is 9.09. The molecule has 1 atom stereocenters. The Balaban J connectivity index is 2.34. The Morgan fingerprint density at radius 1 is 1.60 bits per heavy atom. The summed E-state index contributed by atoms with van der Waals surface area (Å²) in [7, 11) is 0. The van der Waals surface area contributed by atoms with Crippen LogP contribution in [0.3, 0.4) is 0 Å². The summed E-state index contributed by atoms with van der Waals surface area (Å²) in [6, 6.07) is 3.41. The lowest BCUT2D eigenvalue weighted by Gasteiger charge is -2.16. The molecule has 1 aromatic heterocycles. The van der Waals surface area contributed by atoms with Crippen LogP contribution in [0.25, 0.3) is 0 Å². The zero-order chi connectivity index (χ0) is 11.0. The highest BCUT2D eigenvalue weighted by Crippen LogP contribution is 2.29. The number of halogens is 2. The third-order valence-corrected chi connectivity index (χ3v) is 2.91. The molecule has 1 unspecified atom stereocenters. The lowest BCUT2D eigenvalue weighted by atomic mass is 10.3. The van der Waals surface area contributed by atoms with Crippen molar-refractivity contribution in [2.45, 2.75) is 12.5 Å². The summed E-state index contributed by atoms with van der Waals surface area (Å²) in [5.41, 5.74) is 0.543. The van der Waals surface area contributed by atoms with Crippen molar-refractivity contribution in [1.82, 2.24) is 4.98 Å². The monoisotopic (exact) mass is 290 g/mol.